The number of carbonyl (C=O) groups is 1. The molecule has 0 radical (unpaired) electrons. The van der Waals surface area contributed by atoms with Crippen molar-refractivity contribution in [1.29, 1.82) is 0 Å². The van der Waals surface area contributed by atoms with Crippen LogP contribution >= 0.6 is 11.3 Å². The van der Waals surface area contributed by atoms with E-state index in [4.69, 9.17) is 9.47 Å². The Balaban J connectivity index is 1.57. The largest absolute Gasteiger partial charge is 0.459 e. The SMILES string of the molecule is CC1CCc2sc(C(=O)OCC3CCCCO3)cc2C1. The molecule has 0 N–H and O–H groups in total. The maximum atomic E-state index is 12.1. The molecule has 1 aromatic rings. The molecule has 3 rings (SSSR count). The Kier molecular flexibility index (Phi) is 4.41. The van der Waals surface area contributed by atoms with Gasteiger partial charge in [0.15, 0.2) is 0 Å². The lowest BCUT2D eigenvalue weighted by Gasteiger charge is -2.21. The molecule has 0 amide bonds. The van der Waals surface area contributed by atoms with Crippen LogP contribution in [0.3, 0.4) is 0 Å². The standard InChI is InChI=1S/C16H22O3S/c1-11-5-6-14-12(8-11)9-15(20-14)16(17)19-10-13-4-2-3-7-18-13/h9,11,13H,2-8,10H2,1H3. The van der Waals surface area contributed by atoms with Crippen molar-refractivity contribution in [2.24, 2.45) is 5.92 Å². The lowest BCUT2D eigenvalue weighted by Crippen LogP contribution is -2.25. The average molecular weight is 294 g/mol. The third-order valence-electron chi connectivity index (χ3n) is 4.20. The van der Waals surface area contributed by atoms with Gasteiger partial charge in [-0.05, 0) is 56.1 Å². The van der Waals surface area contributed by atoms with Crippen LogP contribution in [0.15, 0.2) is 6.07 Å². The zero-order valence-corrected chi connectivity index (χ0v) is 12.8. The van der Waals surface area contributed by atoms with Crippen LogP contribution in [0.2, 0.25) is 0 Å². The number of esters is 1. The van der Waals surface area contributed by atoms with Gasteiger partial charge in [0, 0.05) is 11.5 Å². The highest BCUT2D eigenvalue weighted by atomic mass is 32.1. The number of thiophene rings is 1. The van der Waals surface area contributed by atoms with Gasteiger partial charge in [0.1, 0.15) is 11.5 Å². The van der Waals surface area contributed by atoms with Crippen LogP contribution in [0.4, 0.5) is 0 Å². The normalized spacial score (nSPS) is 26.1. The third-order valence-corrected chi connectivity index (χ3v) is 5.42. The average Bonchev–Trinajstić information content (AvgIpc) is 2.89. The first kappa shape index (κ1) is 14.1. The van der Waals surface area contributed by atoms with Gasteiger partial charge in [0.2, 0.25) is 0 Å². The third kappa shape index (κ3) is 3.23. The minimum atomic E-state index is -0.175. The molecule has 1 saturated heterocycles. The molecule has 1 aliphatic carbocycles. The number of aryl methyl sites for hydroxylation is 1. The number of hydrogen-bond acceptors (Lipinski definition) is 4. The molecule has 4 heteroatoms. The molecule has 20 heavy (non-hydrogen) atoms. The highest BCUT2D eigenvalue weighted by Crippen LogP contribution is 2.32. The van der Waals surface area contributed by atoms with Crippen molar-refractivity contribution >= 4 is 17.3 Å². The van der Waals surface area contributed by atoms with E-state index in [0.717, 1.165) is 43.1 Å². The molecule has 2 aliphatic rings. The Labute approximate surface area is 124 Å². The number of hydrogen-bond donors (Lipinski definition) is 0. The molecule has 0 saturated carbocycles. The second-order valence-corrected chi connectivity index (χ2v) is 7.13. The molecule has 1 aliphatic heterocycles. The smallest absolute Gasteiger partial charge is 0.348 e. The molecule has 0 bridgehead atoms. The summed E-state index contributed by atoms with van der Waals surface area (Å²) in [6.45, 7) is 3.48. The quantitative estimate of drug-likeness (QED) is 0.799. The molecule has 2 unspecified atom stereocenters. The van der Waals surface area contributed by atoms with Gasteiger partial charge in [-0.3, -0.25) is 0 Å². The summed E-state index contributed by atoms with van der Waals surface area (Å²) < 4.78 is 11.0. The first-order valence-electron chi connectivity index (χ1n) is 7.62. The Morgan fingerprint density at radius 1 is 1.45 bits per heavy atom. The van der Waals surface area contributed by atoms with Crippen LogP contribution in [0.1, 0.15) is 52.7 Å². The van der Waals surface area contributed by atoms with E-state index in [9.17, 15) is 4.79 Å². The predicted molar refractivity (Wildman–Crippen MR) is 79.4 cm³/mol. The van der Waals surface area contributed by atoms with E-state index in [1.54, 1.807) is 11.3 Å². The van der Waals surface area contributed by atoms with Gasteiger partial charge in [-0.2, -0.15) is 0 Å². The van der Waals surface area contributed by atoms with Crippen LogP contribution in [-0.2, 0) is 22.3 Å². The Hall–Kier alpha value is -0.870. The molecule has 0 spiro atoms. The fourth-order valence-electron chi connectivity index (χ4n) is 2.99. The molecule has 110 valence electrons. The molecular weight excluding hydrogens is 272 g/mol. The summed E-state index contributed by atoms with van der Waals surface area (Å²) in [4.78, 5) is 14.3. The highest BCUT2D eigenvalue weighted by molar-refractivity contribution is 7.14. The van der Waals surface area contributed by atoms with Crippen molar-refractivity contribution < 1.29 is 14.3 Å². The fourth-order valence-corrected chi connectivity index (χ4v) is 4.09. The molecular formula is C16H22O3S. The second kappa shape index (κ2) is 6.27. The lowest BCUT2D eigenvalue weighted by molar-refractivity contribution is -0.0298. The number of carbonyl (C=O) groups excluding carboxylic acids is 1. The Morgan fingerprint density at radius 2 is 2.35 bits per heavy atom. The monoisotopic (exact) mass is 294 g/mol. The van der Waals surface area contributed by atoms with E-state index < -0.39 is 0 Å². The predicted octanol–water partition coefficient (Wildman–Crippen LogP) is 3.60. The molecule has 1 aromatic heterocycles. The summed E-state index contributed by atoms with van der Waals surface area (Å²) in [5.74, 6) is 0.558. The van der Waals surface area contributed by atoms with Gasteiger partial charge in [-0.25, -0.2) is 4.79 Å². The highest BCUT2D eigenvalue weighted by Gasteiger charge is 2.22. The van der Waals surface area contributed by atoms with Gasteiger partial charge in [-0.1, -0.05) is 6.92 Å². The van der Waals surface area contributed by atoms with Crippen molar-refractivity contribution in [3.05, 3.63) is 21.4 Å². The van der Waals surface area contributed by atoms with Gasteiger partial charge in [-0.15, -0.1) is 11.3 Å². The summed E-state index contributed by atoms with van der Waals surface area (Å²) in [7, 11) is 0. The minimum Gasteiger partial charge on any atom is -0.459 e. The van der Waals surface area contributed by atoms with Crippen molar-refractivity contribution in [2.45, 2.75) is 51.6 Å². The van der Waals surface area contributed by atoms with Crippen molar-refractivity contribution in [2.75, 3.05) is 13.2 Å². The van der Waals surface area contributed by atoms with Crippen molar-refractivity contribution in [1.82, 2.24) is 0 Å². The van der Waals surface area contributed by atoms with Crippen LogP contribution in [0.25, 0.3) is 0 Å². The van der Waals surface area contributed by atoms with Crippen molar-refractivity contribution in [3.63, 3.8) is 0 Å². The van der Waals surface area contributed by atoms with E-state index >= 15 is 0 Å². The summed E-state index contributed by atoms with van der Waals surface area (Å²) >= 11 is 1.62. The maximum Gasteiger partial charge on any atom is 0.348 e. The summed E-state index contributed by atoms with van der Waals surface area (Å²) in [5.41, 5.74) is 1.36. The summed E-state index contributed by atoms with van der Waals surface area (Å²) in [6, 6.07) is 2.04. The van der Waals surface area contributed by atoms with Gasteiger partial charge < -0.3 is 9.47 Å². The Bertz CT molecular complexity index is 474. The molecule has 1 fully saturated rings. The van der Waals surface area contributed by atoms with Crippen LogP contribution < -0.4 is 0 Å². The number of fused-ring (bicyclic) bond motifs is 1. The number of rotatable bonds is 3. The van der Waals surface area contributed by atoms with E-state index in [1.807, 2.05) is 6.07 Å². The maximum absolute atomic E-state index is 12.1. The van der Waals surface area contributed by atoms with Crippen LogP contribution in [-0.4, -0.2) is 25.3 Å². The van der Waals surface area contributed by atoms with Crippen LogP contribution in [0.5, 0.6) is 0 Å². The molecule has 0 aromatic carbocycles. The molecule has 3 nitrogen and oxygen atoms in total. The second-order valence-electron chi connectivity index (χ2n) is 5.99. The van der Waals surface area contributed by atoms with Gasteiger partial charge >= 0.3 is 5.97 Å². The fraction of sp³-hybridized carbons (Fsp3) is 0.688. The Morgan fingerprint density at radius 3 is 3.15 bits per heavy atom. The lowest BCUT2D eigenvalue weighted by atomic mass is 9.90. The molecule has 2 heterocycles. The number of ether oxygens (including phenoxy) is 2. The van der Waals surface area contributed by atoms with Gasteiger partial charge in [0.25, 0.3) is 0 Å². The van der Waals surface area contributed by atoms with Crippen LogP contribution in [0, 0.1) is 5.92 Å². The van der Waals surface area contributed by atoms with E-state index in [0.29, 0.717) is 6.61 Å². The van der Waals surface area contributed by atoms with E-state index in [-0.39, 0.29) is 12.1 Å². The first-order chi connectivity index (χ1) is 9.72. The first-order valence-corrected chi connectivity index (χ1v) is 8.44. The zero-order chi connectivity index (χ0) is 13.9. The minimum absolute atomic E-state index is 0.0994. The van der Waals surface area contributed by atoms with E-state index in [1.165, 1.54) is 23.3 Å². The topological polar surface area (TPSA) is 35.5 Å². The van der Waals surface area contributed by atoms with E-state index in [2.05, 4.69) is 6.92 Å². The zero-order valence-electron chi connectivity index (χ0n) is 12.0. The summed E-state index contributed by atoms with van der Waals surface area (Å²) in [6.07, 6.45) is 6.85. The summed E-state index contributed by atoms with van der Waals surface area (Å²) in [5, 5.41) is 0. The van der Waals surface area contributed by atoms with Gasteiger partial charge in [0.05, 0.1) is 6.10 Å². The molecule has 2 atom stereocenters. The van der Waals surface area contributed by atoms with Crippen molar-refractivity contribution in [3.8, 4) is 0 Å².